The van der Waals surface area contributed by atoms with Gasteiger partial charge in [0.1, 0.15) is 30.4 Å². The van der Waals surface area contributed by atoms with Gasteiger partial charge in [-0.25, -0.2) is 4.79 Å². The predicted molar refractivity (Wildman–Crippen MR) is 109 cm³/mol. The van der Waals surface area contributed by atoms with Crippen LogP contribution in [-0.2, 0) is 19.9 Å². The number of carbonyl (C=O) groups excluding carboxylic acids is 1. The Morgan fingerprint density at radius 2 is 1.67 bits per heavy atom. The Bertz CT molecular complexity index is 769. The molecule has 0 spiro atoms. The maximum Gasteiger partial charge on any atom is 0.349 e. The Morgan fingerprint density at radius 3 is 2.11 bits per heavy atom. The maximum absolute atomic E-state index is 13.1. The van der Waals surface area contributed by atoms with Gasteiger partial charge in [0, 0.05) is 12.8 Å². The van der Waals surface area contributed by atoms with Gasteiger partial charge in [-0.2, -0.15) is 0 Å². The molecule has 3 aliphatic heterocycles. The largest absolute Gasteiger partial charge is 0.459 e. The highest BCUT2D eigenvalue weighted by molar-refractivity contribution is 8.93. The van der Waals surface area contributed by atoms with Crippen LogP contribution in [0.2, 0.25) is 0 Å². The Hall–Kier alpha value is -0.770. The molecule has 0 aromatic carbocycles. The molecule has 0 aliphatic carbocycles. The van der Waals surface area contributed by atoms with Gasteiger partial charge >= 0.3 is 5.97 Å². The Morgan fingerprint density at radius 1 is 1.15 bits per heavy atom. The molecule has 3 aliphatic rings. The number of likely N-dealkylation sites (N-methyl/N-ethyl adjacent to an activating group) is 1. The molecule has 146 valence electrons. The number of fused-ring (bicyclic) bond motifs is 5. The molecule has 5 nitrogen and oxygen atoms in total. The smallest absolute Gasteiger partial charge is 0.349 e. The second kappa shape index (κ2) is 6.64. The van der Waals surface area contributed by atoms with E-state index < -0.39 is 11.6 Å². The zero-order valence-corrected chi connectivity index (χ0v) is 18.5. The van der Waals surface area contributed by atoms with Crippen molar-refractivity contribution in [3.8, 4) is 0 Å². The van der Waals surface area contributed by atoms with Crippen LogP contribution in [0.3, 0.4) is 0 Å². The van der Waals surface area contributed by atoms with E-state index in [1.54, 1.807) is 12.1 Å². The van der Waals surface area contributed by atoms with Crippen molar-refractivity contribution in [1.29, 1.82) is 0 Å². The normalized spacial score (nSPS) is 33.1. The quantitative estimate of drug-likeness (QED) is 0.422. The molecule has 0 saturated carbocycles. The summed E-state index contributed by atoms with van der Waals surface area (Å²) in [6, 6.07) is 8.01. The number of hydrogen-bond acceptors (Lipinski definition) is 6. The summed E-state index contributed by atoms with van der Waals surface area (Å²) in [6.07, 6.45) is 2.05. The number of epoxide rings is 1. The number of quaternary nitrogens is 1. The maximum atomic E-state index is 13.1. The lowest BCUT2D eigenvalue weighted by Crippen LogP contribution is -2.60. The molecule has 1 N–H and O–H groups in total. The van der Waals surface area contributed by atoms with E-state index in [-0.39, 0.29) is 23.1 Å². The van der Waals surface area contributed by atoms with Crippen LogP contribution < -0.4 is 0 Å². The number of ether oxygens (including phenoxy) is 2. The summed E-state index contributed by atoms with van der Waals surface area (Å²) < 4.78 is 12.6. The van der Waals surface area contributed by atoms with Crippen molar-refractivity contribution in [2.75, 3.05) is 14.1 Å². The number of aliphatic hydroxyl groups is 1. The van der Waals surface area contributed by atoms with Crippen LogP contribution in [0.5, 0.6) is 0 Å². The summed E-state index contributed by atoms with van der Waals surface area (Å²) in [7, 11) is 4.49. The molecule has 0 amide bonds. The lowest BCUT2D eigenvalue weighted by Gasteiger charge is -2.45. The van der Waals surface area contributed by atoms with E-state index in [0.29, 0.717) is 34.0 Å². The molecule has 2 bridgehead atoms. The third-order valence-corrected chi connectivity index (χ3v) is 8.32. The highest BCUT2D eigenvalue weighted by Gasteiger charge is 2.71. The average molecular weight is 473 g/mol. The van der Waals surface area contributed by atoms with Gasteiger partial charge in [-0.1, -0.05) is 12.1 Å². The fourth-order valence-electron chi connectivity index (χ4n) is 4.83. The summed E-state index contributed by atoms with van der Waals surface area (Å²) in [5, 5.41) is 15.1. The summed E-state index contributed by atoms with van der Waals surface area (Å²) in [5.41, 5.74) is -1.72. The second-order valence-corrected chi connectivity index (χ2v) is 9.89. The van der Waals surface area contributed by atoms with Crippen LogP contribution in [0.25, 0.3) is 0 Å². The van der Waals surface area contributed by atoms with Gasteiger partial charge < -0.3 is 19.1 Å². The molecular formula is C19H23BrNO4S2+. The van der Waals surface area contributed by atoms with Gasteiger partial charge in [0.2, 0.25) is 5.60 Å². The first-order chi connectivity index (χ1) is 12.4. The van der Waals surface area contributed by atoms with Crippen LogP contribution in [0, 0.1) is 0 Å². The van der Waals surface area contributed by atoms with E-state index in [1.165, 1.54) is 22.7 Å². The molecule has 5 atom stereocenters. The topological polar surface area (TPSA) is 59.1 Å². The third kappa shape index (κ3) is 2.84. The lowest BCUT2D eigenvalue weighted by atomic mass is 9.95. The Kier molecular flexibility index (Phi) is 4.81. The van der Waals surface area contributed by atoms with Crippen molar-refractivity contribution in [1.82, 2.24) is 0 Å². The number of nitrogens with zero attached hydrogens (tertiary/aromatic N) is 1. The zero-order valence-electron chi connectivity index (χ0n) is 15.1. The molecule has 5 heterocycles. The highest BCUT2D eigenvalue weighted by Crippen LogP contribution is 2.52. The molecule has 2 aromatic rings. The van der Waals surface area contributed by atoms with Gasteiger partial charge in [-0.3, -0.25) is 0 Å². The monoisotopic (exact) mass is 472 g/mol. The van der Waals surface area contributed by atoms with Crippen molar-refractivity contribution in [2.45, 2.75) is 48.8 Å². The van der Waals surface area contributed by atoms with Gasteiger partial charge in [0.15, 0.2) is 0 Å². The molecule has 2 aromatic heterocycles. The fourth-order valence-corrected chi connectivity index (χ4v) is 6.54. The first kappa shape index (κ1) is 19.5. The van der Waals surface area contributed by atoms with Crippen LogP contribution >= 0.6 is 39.7 Å². The highest BCUT2D eigenvalue weighted by atomic mass is 79.9. The van der Waals surface area contributed by atoms with E-state index in [2.05, 4.69) is 14.1 Å². The third-order valence-electron chi connectivity index (χ3n) is 6.36. The number of morpholine rings is 1. The first-order valence-corrected chi connectivity index (χ1v) is 10.7. The number of piperidine rings is 1. The number of halogens is 1. The lowest BCUT2D eigenvalue weighted by molar-refractivity contribution is -0.938. The van der Waals surface area contributed by atoms with Crippen LogP contribution in [-0.4, -0.2) is 60.0 Å². The minimum absolute atomic E-state index is 0. The van der Waals surface area contributed by atoms with Gasteiger partial charge in [0.05, 0.1) is 23.8 Å². The number of hydrogen-bond donors (Lipinski definition) is 1. The minimum Gasteiger partial charge on any atom is -0.459 e. The minimum atomic E-state index is -1.72. The number of esters is 1. The molecule has 3 fully saturated rings. The van der Waals surface area contributed by atoms with E-state index in [4.69, 9.17) is 9.47 Å². The van der Waals surface area contributed by atoms with Gasteiger partial charge in [-0.05, 0) is 22.9 Å². The average Bonchev–Trinajstić information content (AvgIpc) is 2.98. The van der Waals surface area contributed by atoms with Crippen molar-refractivity contribution in [3.63, 3.8) is 0 Å². The SMILES string of the molecule is Br.C[N+]1(C)C2CC(OC(=O)C(O)(c3cccs3)c3cccs3)C[C@H]1[C@H]1OC21. The van der Waals surface area contributed by atoms with Gasteiger partial charge in [0.25, 0.3) is 0 Å². The second-order valence-electron chi connectivity index (χ2n) is 7.99. The van der Waals surface area contributed by atoms with Crippen LogP contribution in [0.4, 0.5) is 0 Å². The summed E-state index contributed by atoms with van der Waals surface area (Å²) in [6.45, 7) is 0. The van der Waals surface area contributed by atoms with E-state index >= 15 is 0 Å². The van der Waals surface area contributed by atoms with E-state index in [0.717, 1.165) is 17.3 Å². The summed E-state index contributed by atoms with van der Waals surface area (Å²) in [5.74, 6) is -0.561. The van der Waals surface area contributed by atoms with Crippen molar-refractivity contribution in [2.24, 2.45) is 0 Å². The summed E-state index contributed by atoms with van der Waals surface area (Å²) in [4.78, 5) is 14.3. The van der Waals surface area contributed by atoms with Crippen LogP contribution in [0.1, 0.15) is 22.6 Å². The molecule has 3 unspecified atom stereocenters. The summed E-state index contributed by atoms with van der Waals surface area (Å²) >= 11 is 2.74. The Labute approximate surface area is 176 Å². The van der Waals surface area contributed by atoms with Crippen molar-refractivity contribution in [3.05, 3.63) is 44.8 Å². The fraction of sp³-hybridized carbons (Fsp3) is 0.526. The van der Waals surface area contributed by atoms with Crippen molar-refractivity contribution < 1.29 is 23.9 Å². The standard InChI is InChI=1S/C19H22NO4S2.BrH/c1-20(2)12-9-11(10-13(20)17-16(12)24-17)23-18(21)19(22,14-5-3-7-25-14)15-6-4-8-26-15;/h3-8,11-13,16-17,22H,9-10H2,1-2H3;1H/q+1;/t11?,12-,13?,16+,17?;/m0./s1. The zero-order chi connectivity index (χ0) is 18.1. The first-order valence-electron chi connectivity index (χ1n) is 8.92. The molecular weight excluding hydrogens is 450 g/mol. The molecule has 3 saturated heterocycles. The molecule has 5 rings (SSSR count). The van der Waals surface area contributed by atoms with E-state index in [9.17, 15) is 9.90 Å². The molecule has 8 heteroatoms. The number of rotatable bonds is 4. The molecule has 0 radical (unpaired) electrons. The van der Waals surface area contributed by atoms with Gasteiger partial charge in [-0.15, -0.1) is 39.7 Å². The molecule has 27 heavy (non-hydrogen) atoms. The number of thiophene rings is 2. The predicted octanol–water partition coefficient (Wildman–Crippen LogP) is 2.92. The van der Waals surface area contributed by atoms with Crippen molar-refractivity contribution >= 4 is 45.6 Å². The van der Waals surface area contributed by atoms with E-state index in [1.807, 2.05) is 22.9 Å². The number of carbonyl (C=O) groups is 1. The van der Waals surface area contributed by atoms with Crippen LogP contribution in [0.15, 0.2) is 35.0 Å². The Balaban J connectivity index is 0.00000180.